The normalized spacial score (nSPS) is 19.1. The van der Waals surface area contributed by atoms with Gasteiger partial charge in [-0.15, -0.1) is 0 Å². The maximum absolute atomic E-state index is 14.1. The Hall–Kier alpha value is -4.11. The van der Waals surface area contributed by atoms with Crippen molar-refractivity contribution in [1.82, 2.24) is 34.6 Å². The minimum absolute atomic E-state index is 0.0741. The summed E-state index contributed by atoms with van der Waals surface area (Å²) in [5, 5.41) is 3.73. The molecule has 1 atom stereocenters. The fourth-order valence-corrected chi connectivity index (χ4v) is 8.58. The number of pyridine rings is 1. The van der Waals surface area contributed by atoms with Crippen molar-refractivity contribution in [2.75, 3.05) is 45.0 Å². The number of piperidine rings is 3. The largest absolute Gasteiger partial charge is 0.418 e. The summed E-state index contributed by atoms with van der Waals surface area (Å²) in [4.78, 5) is 54.3. The number of rotatable bonds is 6. The minimum atomic E-state index is -4.69. The van der Waals surface area contributed by atoms with Crippen molar-refractivity contribution in [3.05, 3.63) is 68.7 Å². The van der Waals surface area contributed by atoms with Gasteiger partial charge in [0, 0.05) is 54.5 Å². The molecule has 2 aromatic carbocycles. The van der Waals surface area contributed by atoms with Crippen molar-refractivity contribution in [2.45, 2.75) is 75.7 Å². The van der Waals surface area contributed by atoms with E-state index < -0.39 is 29.5 Å². The van der Waals surface area contributed by atoms with Crippen LogP contribution < -0.4 is 16.7 Å². The van der Waals surface area contributed by atoms with Gasteiger partial charge in [0.2, 0.25) is 5.91 Å². The number of likely N-dealkylation sites (tertiary alicyclic amines) is 3. The first-order valence-electron chi connectivity index (χ1n) is 17.7. The average Bonchev–Trinajstić information content (AvgIpc) is 3.48. The number of amides is 3. The lowest BCUT2D eigenvalue weighted by atomic mass is 9.97. The number of fused-ring (bicyclic) bond motifs is 3. The van der Waals surface area contributed by atoms with Crippen LogP contribution >= 0.6 is 15.9 Å². The Morgan fingerprint density at radius 1 is 0.961 bits per heavy atom. The molecule has 0 saturated carbocycles. The smallest absolute Gasteiger partial charge is 0.397 e. The zero-order valence-corrected chi connectivity index (χ0v) is 29.8. The fraction of sp³-hybridized carbons (Fsp3) is 0.500. The van der Waals surface area contributed by atoms with Crippen molar-refractivity contribution in [1.29, 1.82) is 0 Å². The topological polar surface area (TPSA) is 133 Å². The number of aromatic amines is 1. The third-order valence-corrected chi connectivity index (χ3v) is 11.5. The van der Waals surface area contributed by atoms with Gasteiger partial charge in [-0.05, 0) is 91.3 Å². The second kappa shape index (κ2) is 14.5. The van der Waals surface area contributed by atoms with Crippen molar-refractivity contribution in [2.24, 2.45) is 0 Å². The molecule has 0 bridgehead atoms. The van der Waals surface area contributed by atoms with Gasteiger partial charge in [-0.25, -0.2) is 9.59 Å². The number of carbonyl (C=O) groups excluding carboxylic acids is 2. The van der Waals surface area contributed by atoms with Gasteiger partial charge in [0.1, 0.15) is 6.04 Å². The molecule has 4 N–H and O–H groups in total. The summed E-state index contributed by atoms with van der Waals surface area (Å²) in [5.74, 6) is -0.318. The number of para-hydroxylation sites is 1. The minimum Gasteiger partial charge on any atom is -0.397 e. The molecule has 2 aromatic heterocycles. The van der Waals surface area contributed by atoms with Crippen LogP contribution in [-0.4, -0.2) is 92.5 Å². The van der Waals surface area contributed by atoms with Crippen LogP contribution in [0, 0.1) is 0 Å². The van der Waals surface area contributed by atoms with E-state index in [1.54, 1.807) is 20.6 Å². The van der Waals surface area contributed by atoms with Crippen molar-refractivity contribution in [3.63, 3.8) is 0 Å². The monoisotopic (exact) mass is 770 g/mol. The van der Waals surface area contributed by atoms with Crippen LogP contribution in [0.5, 0.6) is 0 Å². The van der Waals surface area contributed by atoms with Crippen molar-refractivity contribution in [3.8, 4) is 0 Å². The summed E-state index contributed by atoms with van der Waals surface area (Å²) in [7, 11) is 0. The Kier molecular flexibility index (Phi) is 10.0. The highest BCUT2D eigenvalue weighted by atomic mass is 79.9. The number of carbonyl (C=O) groups is 2. The summed E-state index contributed by atoms with van der Waals surface area (Å²) >= 11 is 3.15. The predicted octanol–water partition coefficient (Wildman–Crippen LogP) is 5.68. The Bertz CT molecular complexity index is 1980. The molecule has 11 nitrogen and oxygen atoms in total. The van der Waals surface area contributed by atoms with Crippen LogP contribution in [0.2, 0.25) is 0 Å². The number of nitrogens with one attached hydrogen (secondary N) is 2. The molecule has 3 fully saturated rings. The number of benzene rings is 2. The second-order valence-corrected chi connectivity index (χ2v) is 14.8. The highest BCUT2D eigenvalue weighted by Gasteiger charge is 2.37. The molecule has 3 aliphatic heterocycles. The zero-order chi connectivity index (χ0) is 35.9. The Morgan fingerprint density at radius 3 is 2.33 bits per heavy atom. The molecule has 15 heteroatoms. The number of imidazole rings is 1. The average molecular weight is 772 g/mol. The lowest BCUT2D eigenvalue weighted by Crippen LogP contribution is -2.56. The molecule has 0 spiro atoms. The number of urea groups is 1. The number of nitrogen functional groups attached to an aromatic ring is 1. The molecule has 0 aliphatic carbocycles. The number of halogens is 4. The van der Waals surface area contributed by atoms with Crippen LogP contribution in [0.25, 0.3) is 21.9 Å². The van der Waals surface area contributed by atoms with Gasteiger partial charge >= 0.3 is 17.9 Å². The molecule has 0 radical (unpaired) electrons. The number of nitrogens with zero attached hydrogens (tertiary/aromatic N) is 5. The van der Waals surface area contributed by atoms with Gasteiger partial charge in [0.05, 0.1) is 34.0 Å². The van der Waals surface area contributed by atoms with Gasteiger partial charge in [0.15, 0.2) is 0 Å². The SMILES string of the molecule is Nc1c(Br)cc(C[C@@H](NC(=O)N2CCC(n3c(=O)[nH]c4c5ccccc5ncc43)CC2)C(=O)N2CCC(N3CCCCC3)CC2)cc1C(F)(F)F. The maximum atomic E-state index is 14.1. The van der Waals surface area contributed by atoms with Crippen molar-refractivity contribution < 1.29 is 22.8 Å². The Morgan fingerprint density at radius 2 is 1.63 bits per heavy atom. The summed E-state index contributed by atoms with van der Waals surface area (Å²) in [6.45, 7) is 3.80. The molecule has 5 heterocycles. The molecule has 272 valence electrons. The van der Waals surface area contributed by atoms with E-state index in [4.69, 9.17) is 5.73 Å². The van der Waals surface area contributed by atoms with E-state index in [9.17, 15) is 27.6 Å². The zero-order valence-electron chi connectivity index (χ0n) is 28.2. The molecule has 7 rings (SSSR count). The molecule has 3 saturated heterocycles. The number of H-pyrrole nitrogens is 1. The van der Waals surface area contributed by atoms with E-state index in [1.165, 1.54) is 25.3 Å². The molecule has 51 heavy (non-hydrogen) atoms. The highest BCUT2D eigenvalue weighted by molar-refractivity contribution is 9.10. The van der Waals surface area contributed by atoms with Crippen LogP contribution in [0.3, 0.4) is 0 Å². The number of alkyl halides is 3. The summed E-state index contributed by atoms with van der Waals surface area (Å²) < 4.78 is 43.4. The number of hydrogen-bond acceptors (Lipinski definition) is 6. The van der Waals surface area contributed by atoms with E-state index >= 15 is 0 Å². The standard InChI is InChI=1S/C36H42BrF3N8O3/c37-27-19-22(18-26(31(27)41)36(38,39)40)20-29(33(49)46-14-8-23(9-15-46)45-12-4-1-5-13-45)43-34(50)47-16-10-24(11-17-47)48-30-21-42-28-7-3-2-6-25(28)32(30)44-35(48)51/h2-3,6-7,18-19,21,23-24,29H,1,4-5,8-17,20,41H2,(H,43,50)(H,44,51)/t29-/m1/s1. The number of anilines is 1. The van der Waals surface area contributed by atoms with Gasteiger partial charge in [-0.3, -0.25) is 14.3 Å². The van der Waals surface area contributed by atoms with Crippen molar-refractivity contribution >= 4 is 55.5 Å². The molecule has 3 amide bonds. The molecular weight excluding hydrogens is 729 g/mol. The Balaban J connectivity index is 1.07. The lowest BCUT2D eigenvalue weighted by Gasteiger charge is -2.41. The first-order chi connectivity index (χ1) is 24.5. The van der Waals surface area contributed by atoms with E-state index in [0.717, 1.165) is 48.4 Å². The first kappa shape index (κ1) is 35.3. The quantitative estimate of drug-likeness (QED) is 0.217. The van der Waals surface area contributed by atoms with Gasteiger partial charge in [-0.2, -0.15) is 13.2 Å². The molecule has 4 aromatic rings. The summed E-state index contributed by atoms with van der Waals surface area (Å²) in [6, 6.07) is 8.68. The number of aromatic nitrogens is 3. The molecule has 0 unspecified atom stereocenters. The van der Waals surface area contributed by atoms with E-state index in [-0.39, 0.29) is 34.1 Å². The summed E-state index contributed by atoms with van der Waals surface area (Å²) in [5.41, 5.74) is 6.51. The number of nitrogens with two attached hydrogens (primary N) is 1. The third-order valence-electron chi connectivity index (χ3n) is 10.8. The van der Waals surface area contributed by atoms with Crippen LogP contribution in [0.15, 0.2) is 51.9 Å². The summed E-state index contributed by atoms with van der Waals surface area (Å²) in [6.07, 6.45) is 3.06. The third kappa shape index (κ3) is 7.32. The first-order valence-corrected chi connectivity index (χ1v) is 18.5. The highest BCUT2D eigenvalue weighted by Crippen LogP contribution is 2.38. The molecule has 3 aliphatic rings. The van der Waals surface area contributed by atoms with E-state index in [1.807, 2.05) is 24.3 Å². The fourth-order valence-electron chi connectivity index (χ4n) is 8.07. The van der Waals surface area contributed by atoms with E-state index in [2.05, 4.69) is 36.1 Å². The van der Waals surface area contributed by atoms with Crippen LogP contribution in [0.1, 0.15) is 62.1 Å². The van der Waals surface area contributed by atoms with Gasteiger partial charge in [-0.1, -0.05) is 24.6 Å². The molecular formula is C36H42BrF3N8O3. The van der Waals surface area contributed by atoms with Gasteiger partial charge < -0.3 is 30.7 Å². The Labute approximate surface area is 301 Å². The maximum Gasteiger partial charge on any atom is 0.418 e. The van der Waals surface area contributed by atoms with Crippen LogP contribution in [-0.2, 0) is 17.4 Å². The predicted molar refractivity (Wildman–Crippen MR) is 192 cm³/mol. The second-order valence-electron chi connectivity index (χ2n) is 13.9. The number of hydrogen-bond donors (Lipinski definition) is 3. The lowest BCUT2D eigenvalue weighted by molar-refractivity contribution is -0.137. The van der Waals surface area contributed by atoms with Crippen LogP contribution in [0.4, 0.5) is 23.7 Å². The van der Waals surface area contributed by atoms with E-state index in [0.29, 0.717) is 50.6 Å². The van der Waals surface area contributed by atoms with Gasteiger partial charge in [0.25, 0.3) is 0 Å².